The second kappa shape index (κ2) is 5.88. The number of primary amides is 1. The largest absolute Gasteiger partial charge is 0.456 e. The maximum absolute atomic E-state index is 12.4. The van der Waals surface area contributed by atoms with Crippen molar-refractivity contribution in [1.29, 1.82) is 0 Å². The topological polar surface area (TPSA) is 88.6 Å². The Morgan fingerprint density at radius 1 is 1.53 bits per heavy atom. The second-order valence-corrected chi connectivity index (χ2v) is 4.67. The van der Waals surface area contributed by atoms with Gasteiger partial charge in [0, 0.05) is 19.0 Å². The van der Waals surface area contributed by atoms with Crippen LogP contribution in [-0.2, 0) is 11.2 Å². The lowest BCUT2D eigenvalue weighted by atomic mass is 10.2. The van der Waals surface area contributed by atoms with Crippen LogP contribution in [0.4, 0.5) is 0 Å². The van der Waals surface area contributed by atoms with Crippen LogP contribution in [0.15, 0.2) is 16.5 Å². The van der Waals surface area contributed by atoms with Gasteiger partial charge in [-0.05, 0) is 25.1 Å². The van der Waals surface area contributed by atoms with E-state index in [-0.39, 0.29) is 24.3 Å². The molecule has 0 radical (unpaired) electrons. The molecule has 1 aromatic heterocycles. The molecule has 1 saturated heterocycles. The average molecular weight is 265 g/mol. The average Bonchev–Trinajstić information content (AvgIpc) is 3.05. The summed E-state index contributed by atoms with van der Waals surface area (Å²) in [5, 5.41) is 3.17. The van der Waals surface area contributed by atoms with Gasteiger partial charge < -0.3 is 20.4 Å². The summed E-state index contributed by atoms with van der Waals surface area (Å²) in [6.45, 7) is 3.40. The molecule has 19 heavy (non-hydrogen) atoms. The van der Waals surface area contributed by atoms with E-state index in [9.17, 15) is 9.59 Å². The van der Waals surface area contributed by atoms with Crippen LogP contribution >= 0.6 is 0 Å². The highest BCUT2D eigenvalue weighted by molar-refractivity contribution is 5.94. The Balaban J connectivity index is 2.16. The highest BCUT2D eigenvalue weighted by Crippen LogP contribution is 2.16. The van der Waals surface area contributed by atoms with Crippen LogP contribution in [0.5, 0.6) is 0 Å². The zero-order valence-corrected chi connectivity index (χ0v) is 11.0. The van der Waals surface area contributed by atoms with Gasteiger partial charge in [-0.1, -0.05) is 6.92 Å². The maximum Gasteiger partial charge on any atom is 0.290 e. The molecule has 2 heterocycles. The third kappa shape index (κ3) is 3.14. The molecule has 6 nitrogen and oxygen atoms in total. The van der Waals surface area contributed by atoms with Gasteiger partial charge in [-0.25, -0.2) is 0 Å². The van der Waals surface area contributed by atoms with E-state index >= 15 is 0 Å². The number of carbonyl (C=O) groups is 2. The normalized spacial score (nSPS) is 18.5. The minimum atomic E-state index is -0.512. The number of aryl methyl sites for hydroxylation is 1. The lowest BCUT2D eigenvalue weighted by molar-refractivity contribution is -0.119. The van der Waals surface area contributed by atoms with Gasteiger partial charge in [0.05, 0.1) is 0 Å². The third-order valence-corrected chi connectivity index (χ3v) is 3.28. The zero-order chi connectivity index (χ0) is 13.8. The fourth-order valence-electron chi connectivity index (χ4n) is 2.26. The summed E-state index contributed by atoms with van der Waals surface area (Å²) in [7, 11) is 0. The first-order valence-electron chi connectivity index (χ1n) is 6.50. The molecule has 1 aromatic rings. The van der Waals surface area contributed by atoms with Crippen LogP contribution in [-0.4, -0.2) is 42.4 Å². The first-order chi connectivity index (χ1) is 9.11. The SMILES string of the molecule is CCc1ccc(C(=O)N(CC(N)=O)C2CCNC2)o1. The van der Waals surface area contributed by atoms with Crippen molar-refractivity contribution in [2.75, 3.05) is 19.6 Å². The van der Waals surface area contributed by atoms with Crippen molar-refractivity contribution >= 4 is 11.8 Å². The molecule has 0 aliphatic carbocycles. The molecule has 1 aliphatic rings. The van der Waals surface area contributed by atoms with E-state index in [4.69, 9.17) is 10.2 Å². The molecule has 0 aromatic carbocycles. The van der Waals surface area contributed by atoms with Gasteiger partial charge in [-0.2, -0.15) is 0 Å². The number of rotatable bonds is 5. The smallest absolute Gasteiger partial charge is 0.290 e. The molecule has 1 unspecified atom stereocenters. The fourth-order valence-corrected chi connectivity index (χ4v) is 2.26. The monoisotopic (exact) mass is 265 g/mol. The molecule has 0 saturated carbocycles. The summed E-state index contributed by atoms with van der Waals surface area (Å²) in [6, 6.07) is 3.43. The Morgan fingerprint density at radius 3 is 2.84 bits per heavy atom. The molecule has 6 heteroatoms. The van der Waals surface area contributed by atoms with Crippen molar-refractivity contribution in [2.24, 2.45) is 5.73 Å². The molecule has 3 N–H and O–H groups in total. The quantitative estimate of drug-likeness (QED) is 0.792. The van der Waals surface area contributed by atoms with E-state index in [2.05, 4.69) is 5.32 Å². The Hall–Kier alpha value is -1.82. The lowest BCUT2D eigenvalue weighted by Gasteiger charge is -2.26. The van der Waals surface area contributed by atoms with E-state index in [1.54, 1.807) is 12.1 Å². The van der Waals surface area contributed by atoms with Crippen molar-refractivity contribution in [1.82, 2.24) is 10.2 Å². The molecule has 2 amide bonds. The standard InChI is InChI=1S/C13H19N3O3/c1-2-10-3-4-11(19-10)13(18)16(8-12(14)17)9-5-6-15-7-9/h3-4,9,15H,2,5-8H2,1H3,(H2,14,17). The van der Waals surface area contributed by atoms with Gasteiger partial charge in [-0.15, -0.1) is 0 Å². The minimum absolute atomic E-state index is 0.00447. The van der Waals surface area contributed by atoms with E-state index in [1.807, 2.05) is 6.92 Å². The van der Waals surface area contributed by atoms with E-state index in [1.165, 1.54) is 4.90 Å². The number of nitrogens with two attached hydrogens (primary N) is 1. The number of amides is 2. The highest BCUT2D eigenvalue weighted by Gasteiger charge is 2.29. The Kier molecular flexibility index (Phi) is 4.21. The van der Waals surface area contributed by atoms with Crippen molar-refractivity contribution in [3.05, 3.63) is 23.7 Å². The Bertz CT molecular complexity index is 463. The number of furan rings is 1. The first kappa shape index (κ1) is 13.6. The van der Waals surface area contributed by atoms with Crippen molar-refractivity contribution in [3.8, 4) is 0 Å². The van der Waals surface area contributed by atoms with Gasteiger partial charge in [0.1, 0.15) is 12.3 Å². The zero-order valence-electron chi connectivity index (χ0n) is 11.0. The molecule has 0 bridgehead atoms. The van der Waals surface area contributed by atoms with Gasteiger partial charge in [0.2, 0.25) is 5.91 Å². The number of carbonyl (C=O) groups excluding carboxylic acids is 2. The molecule has 1 aliphatic heterocycles. The number of hydrogen-bond acceptors (Lipinski definition) is 4. The van der Waals surface area contributed by atoms with Crippen LogP contribution in [0.2, 0.25) is 0 Å². The minimum Gasteiger partial charge on any atom is -0.456 e. The van der Waals surface area contributed by atoms with E-state index < -0.39 is 5.91 Å². The summed E-state index contributed by atoms with van der Waals surface area (Å²) >= 11 is 0. The summed E-state index contributed by atoms with van der Waals surface area (Å²) in [6.07, 6.45) is 1.55. The second-order valence-electron chi connectivity index (χ2n) is 4.67. The van der Waals surface area contributed by atoms with Gasteiger partial charge in [0.15, 0.2) is 5.76 Å². The molecule has 104 valence electrons. The predicted molar refractivity (Wildman–Crippen MR) is 69.6 cm³/mol. The highest BCUT2D eigenvalue weighted by atomic mass is 16.4. The number of nitrogens with zero attached hydrogens (tertiary/aromatic N) is 1. The van der Waals surface area contributed by atoms with Gasteiger partial charge in [-0.3, -0.25) is 9.59 Å². The van der Waals surface area contributed by atoms with Gasteiger partial charge in [0.25, 0.3) is 5.91 Å². The third-order valence-electron chi connectivity index (χ3n) is 3.28. The maximum atomic E-state index is 12.4. The Morgan fingerprint density at radius 2 is 2.32 bits per heavy atom. The molecule has 1 atom stereocenters. The van der Waals surface area contributed by atoms with Crippen LogP contribution in [0.1, 0.15) is 29.7 Å². The van der Waals surface area contributed by atoms with Gasteiger partial charge >= 0.3 is 0 Å². The van der Waals surface area contributed by atoms with E-state index in [0.717, 1.165) is 25.1 Å². The van der Waals surface area contributed by atoms with Crippen molar-refractivity contribution in [3.63, 3.8) is 0 Å². The molecular formula is C13H19N3O3. The predicted octanol–water partition coefficient (Wildman–Crippen LogP) is 0.131. The van der Waals surface area contributed by atoms with Crippen LogP contribution in [0, 0.1) is 0 Å². The molecule has 1 fully saturated rings. The first-order valence-corrected chi connectivity index (χ1v) is 6.50. The number of hydrogen-bond donors (Lipinski definition) is 2. The van der Waals surface area contributed by atoms with Crippen LogP contribution in [0.3, 0.4) is 0 Å². The lowest BCUT2D eigenvalue weighted by Crippen LogP contribution is -2.46. The van der Waals surface area contributed by atoms with Crippen molar-refractivity contribution < 1.29 is 14.0 Å². The van der Waals surface area contributed by atoms with Crippen LogP contribution in [0.25, 0.3) is 0 Å². The summed E-state index contributed by atoms with van der Waals surface area (Å²) < 4.78 is 5.45. The molecular weight excluding hydrogens is 246 g/mol. The summed E-state index contributed by atoms with van der Waals surface area (Å²) in [5.74, 6) is 0.242. The summed E-state index contributed by atoms with van der Waals surface area (Å²) in [5.41, 5.74) is 5.22. The summed E-state index contributed by atoms with van der Waals surface area (Å²) in [4.78, 5) is 25.0. The number of nitrogens with one attached hydrogen (secondary N) is 1. The fraction of sp³-hybridized carbons (Fsp3) is 0.538. The molecule has 0 spiro atoms. The Labute approximate surface area is 111 Å². The van der Waals surface area contributed by atoms with Crippen molar-refractivity contribution in [2.45, 2.75) is 25.8 Å². The van der Waals surface area contributed by atoms with Crippen LogP contribution < -0.4 is 11.1 Å². The van der Waals surface area contributed by atoms with E-state index in [0.29, 0.717) is 6.54 Å². The molecule has 2 rings (SSSR count).